The molecule has 11 heteroatoms. The van der Waals surface area contributed by atoms with Crippen LogP contribution in [-0.4, -0.2) is 50.6 Å². The molecule has 0 spiro atoms. The number of nitrogens with zero attached hydrogens (tertiary/aromatic N) is 1. The van der Waals surface area contributed by atoms with E-state index in [2.05, 4.69) is 10.1 Å². The summed E-state index contributed by atoms with van der Waals surface area (Å²) in [6.07, 6.45) is -3.55. The van der Waals surface area contributed by atoms with Gasteiger partial charge in [-0.2, -0.15) is 17.5 Å². The zero-order valence-electron chi connectivity index (χ0n) is 18.0. The van der Waals surface area contributed by atoms with Crippen LogP contribution in [0, 0.1) is 0 Å². The summed E-state index contributed by atoms with van der Waals surface area (Å²) < 4.78 is 75.1. The normalized spacial score (nSPS) is 16.2. The number of amides is 1. The molecular weight excluding hydrogens is 461 g/mol. The standard InChI is InChI=1S/C22H25F3N2O5S/c1-16(31-15-22(23,24)25)21(28)26-19-14-18(33(29,30)27-12-6-3-7-13-27)10-11-20(19)32-17-8-4-2-5-9-17/h2,4-5,8-11,14,16H,3,6-7,12-13,15H2,1H3,(H,26,28). The number of hydrogen-bond donors (Lipinski definition) is 1. The van der Waals surface area contributed by atoms with Gasteiger partial charge in [0.1, 0.15) is 18.5 Å². The first-order valence-corrected chi connectivity index (χ1v) is 11.9. The van der Waals surface area contributed by atoms with Crippen LogP contribution in [0.2, 0.25) is 0 Å². The minimum absolute atomic E-state index is 0.00407. The van der Waals surface area contributed by atoms with Crippen LogP contribution in [0.3, 0.4) is 0 Å². The highest BCUT2D eigenvalue weighted by Gasteiger charge is 2.31. The molecule has 1 saturated heterocycles. The molecule has 0 radical (unpaired) electrons. The quantitative estimate of drug-likeness (QED) is 0.591. The first-order valence-electron chi connectivity index (χ1n) is 10.4. The highest BCUT2D eigenvalue weighted by Crippen LogP contribution is 2.33. The molecule has 33 heavy (non-hydrogen) atoms. The number of ether oxygens (including phenoxy) is 2. The van der Waals surface area contributed by atoms with Crippen molar-refractivity contribution in [1.82, 2.24) is 4.31 Å². The number of alkyl halides is 3. The Morgan fingerprint density at radius 1 is 1.09 bits per heavy atom. The largest absolute Gasteiger partial charge is 0.455 e. The van der Waals surface area contributed by atoms with Crippen molar-refractivity contribution in [3.05, 3.63) is 48.5 Å². The summed E-state index contributed by atoms with van der Waals surface area (Å²) in [5.41, 5.74) is 0.00407. The molecule has 0 aromatic heterocycles. The maximum atomic E-state index is 13.1. The second-order valence-corrected chi connectivity index (χ2v) is 9.53. The van der Waals surface area contributed by atoms with Crippen LogP contribution in [0.25, 0.3) is 0 Å². The number of benzene rings is 2. The lowest BCUT2D eigenvalue weighted by atomic mass is 10.2. The van der Waals surface area contributed by atoms with Gasteiger partial charge in [-0.25, -0.2) is 8.42 Å². The summed E-state index contributed by atoms with van der Waals surface area (Å²) in [6.45, 7) is 0.384. The molecule has 1 unspecified atom stereocenters. The summed E-state index contributed by atoms with van der Waals surface area (Å²) in [4.78, 5) is 12.4. The predicted molar refractivity (Wildman–Crippen MR) is 116 cm³/mol. The lowest BCUT2D eigenvalue weighted by Crippen LogP contribution is -2.35. The molecule has 2 aromatic carbocycles. The summed E-state index contributed by atoms with van der Waals surface area (Å²) in [5.74, 6) is -0.305. The molecule has 1 aliphatic rings. The Hall–Kier alpha value is -2.63. The van der Waals surface area contributed by atoms with Crippen molar-refractivity contribution in [3.8, 4) is 11.5 Å². The van der Waals surface area contributed by atoms with Crippen LogP contribution in [0.5, 0.6) is 11.5 Å². The molecule has 1 N–H and O–H groups in total. The van der Waals surface area contributed by atoms with Crippen LogP contribution in [0.15, 0.2) is 53.4 Å². The van der Waals surface area contributed by atoms with Gasteiger partial charge in [0.2, 0.25) is 10.0 Å². The van der Waals surface area contributed by atoms with Gasteiger partial charge < -0.3 is 14.8 Å². The van der Waals surface area contributed by atoms with Crippen LogP contribution in [0.1, 0.15) is 26.2 Å². The van der Waals surface area contributed by atoms with Gasteiger partial charge in [-0.3, -0.25) is 4.79 Å². The van der Waals surface area contributed by atoms with Gasteiger partial charge in [0.15, 0.2) is 5.75 Å². The second-order valence-electron chi connectivity index (χ2n) is 7.60. The van der Waals surface area contributed by atoms with E-state index in [0.717, 1.165) is 19.3 Å². The maximum absolute atomic E-state index is 13.1. The summed E-state index contributed by atoms with van der Waals surface area (Å²) in [6, 6.07) is 12.6. The third-order valence-electron chi connectivity index (χ3n) is 5.00. The number of halogens is 3. The lowest BCUT2D eigenvalue weighted by Gasteiger charge is -2.26. The lowest BCUT2D eigenvalue weighted by molar-refractivity contribution is -0.184. The van der Waals surface area contributed by atoms with E-state index in [4.69, 9.17) is 4.74 Å². The summed E-state index contributed by atoms with van der Waals surface area (Å²) in [5, 5.41) is 2.44. The van der Waals surface area contributed by atoms with Gasteiger partial charge in [-0.05, 0) is 50.1 Å². The fourth-order valence-electron chi connectivity index (χ4n) is 3.26. The van der Waals surface area contributed by atoms with E-state index in [1.807, 2.05) is 0 Å². The van der Waals surface area contributed by atoms with Crippen LogP contribution in [0.4, 0.5) is 18.9 Å². The molecule has 0 saturated carbocycles. The summed E-state index contributed by atoms with van der Waals surface area (Å²) >= 11 is 0. The first-order chi connectivity index (χ1) is 15.6. The highest BCUT2D eigenvalue weighted by atomic mass is 32.2. The molecular formula is C22H25F3N2O5S. The number of para-hydroxylation sites is 1. The predicted octanol–water partition coefficient (Wildman–Crippen LogP) is 4.56. The third kappa shape index (κ3) is 6.92. The third-order valence-corrected chi connectivity index (χ3v) is 6.89. The number of anilines is 1. The number of rotatable bonds is 8. The van der Waals surface area contributed by atoms with Crippen LogP contribution < -0.4 is 10.1 Å². The first kappa shape index (κ1) is 25.0. The van der Waals surface area contributed by atoms with E-state index in [9.17, 15) is 26.4 Å². The van der Waals surface area contributed by atoms with E-state index >= 15 is 0 Å². The zero-order chi connectivity index (χ0) is 24.1. The minimum Gasteiger partial charge on any atom is -0.455 e. The van der Waals surface area contributed by atoms with Gasteiger partial charge in [-0.15, -0.1) is 0 Å². The van der Waals surface area contributed by atoms with E-state index in [0.29, 0.717) is 18.8 Å². The van der Waals surface area contributed by atoms with Crippen molar-refractivity contribution in [2.24, 2.45) is 0 Å². The van der Waals surface area contributed by atoms with E-state index < -0.39 is 34.8 Å². The topological polar surface area (TPSA) is 84.9 Å². The number of hydrogen-bond acceptors (Lipinski definition) is 5. The van der Waals surface area contributed by atoms with E-state index in [1.54, 1.807) is 30.3 Å². The number of piperidine rings is 1. The molecule has 1 aliphatic heterocycles. The van der Waals surface area contributed by atoms with Crippen LogP contribution >= 0.6 is 0 Å². The number of carbonyl (C=O) groups is 1. The zero-order valence-corrected chi connectivity index (χ0v) is 18.8. The molecule has 0 aliphatic carbocycles. The Bertz CT molecular complexity index is 1060. The summed E-state index contributed by atoms with van der Waals surface area (Å²) in [7, 11) is -3.81. The van der Waals surface area contributed by atoms with Gasteiger partial charge >= 0.3 is 6.18 Å². The Balaban J connectivity index is 1.88. The SMILES string of the molecule is CC(OCC(F)(F)F)C(=O)Nc1cc(S(=O)(=O)N2CCCCC2)ccc1Oc1ccccc1. The fourth-order valence-corrected chi connectivity index (χ4v) is 4.80. The minimum atomic E-state index is -4.58. The van der Waals surface area contributed by atoms with Gasteiger partial charge in [-0.1, -0.05) is 24.6 Å². The van der Waals surface area contributed by atoms with Gasteiger partial charge in [0.05, 0.1) is 10.6 Å². The molecule has 180 valence electrons. The van der Waals surface area contributed by atoms with Gasteiger partial charge in [0, 0.05) is 13.1 Å². The van der Waals surface area contributed by atoms with Crippen LogP contribution in [-0.2, 0) is 19.6 Å². The molecule has 1 heterocycles. The molecule has 1 fully saturated rings. The molecule has 1 amide bonds. The molecule has 7 nitrogen and oxygen atoms in total. The average Bonchev–Trinajstić information content (AvgIpc) is 2.79. The van der Waals surface area contributed by atoms with E-state index in [-0.39, 0.29) is 16.3 Å². The average molecular weight is 487 g/mol. The Kier molecular flexibility index (Phi) is 7.98. The highest BCUT2D eigenvalue weighted by molar-refractivity contribution is 7.89. The van der Waals surface area contributed by atoms with E-state index in [1.165, 1.54) is 29.4 Å². The van der Waals surface area contributed by atoms with Crippen molar-refractivity contribution in [3.63, 3.8) is 0 Å². The maximum Gasteiger partial charge on any atom is 0.411 e. The molecule has 1 atom stereocenters. The number of nitrogens with one attached hydrogen (secondary N) is 1. The van der Waals surface area contributed by atoms with Crippen molar-refractivity contribution in [1.29, 1.82) is 0 Å². The van der Waals surface area contributed by atoms with Crippen molar-refractivity contribution in [2.75, 3.05) is 25.0 Å². The Morgan fingerprint density at radius 2 is 1.76 bits per heavy atom. The monoisotopic (exact) mass is 486 g/mol. The fraction of sp³-hybridized carbons (Fsp3) is 0.409. The second kappa shape index (κ2) is 10.5. The Labute approximate surface area is 190 Å². The molecule has 3 rings (SSSR count). The molecule has 2 aromatic rings. The molecule has 0 bridgehead atoms. The van der Waals surface area contributed by atoms with Crippen molar-refractivity contribution >= 4 is 21.6 Å². The van der Waals surface area contributed by atoms with Crippen molar-refractivity contribution < 1.29 is 35.9 Å². The van der Waals surface area contributed by atoms with Gasteiger partial charge in [0.25, 0.3) is 5.91 Å². The van der Waals surface area contributed by atoms with Crippen molar-refractivity contribution in [2.45, 2.75) is 43.4 Å². The number of carbonyl (C=O) groups excluding carboxylic acids is 1. The smallest absolute Gasteiger partial charge is 0.411 e. The Morgan fingerprint density at radius 3 is 2.39 bits per heavy atom. The number of sulfonamides is 1.